The van der Waals surface area contributed by atoms with Crippen LogP contribution in [0, 0.1) is 0 Å². The summed E-state index contributed by atoms with van der Waals surface area (Å²) in [6.07, 6.45) is -4.33. The Hall–Kier alpha value is -0.330. The Labute approximate surface area is 74.3 Å². The summed E-state index contributed by atoms with van der Waals surface area (Å²) < 4.78 is 35.6. The lowest BCUT2D eigenvalue weighted by Crippen LogP contribution is -2.50. The van der Waals surface area contributed by atoms with E-state index in [1.165, 1.54) is 7.05 Å². The van der Waals surface area contributed by atoms with Gasteiger partial charge in [0.1, 0.15) is 6.23 Å². The summed E-state index contributed by atoms with van der Waals surface area (Å²) in [5, 5.41) is 9.38. The summed E-state index contributed by atoms with van der Waals surface area (Å²) in [7, 11) is 1.21. The van der Waals surface area contributed by atoms with Crippen molar-refractivity contribution >= 4 is 0 Å². The molecule has 0 amide bonds. The predicted octanol–water partition coefficient (Wildman–Crippen LogP) is 0.290. The first-order chi connectivity index (χ1) is 5.75. The van der Waals surface area contributed by atoms with Crippen molar-refractivity contribution in [1.29, 1.82) is 0 Å². The van der Waals surface area contributed by atoms with Crippen molar-refractivity contribution in [3.05, 3.63) is 0 Å². The molecule has 1 fully saturated rings. The summed E-state index contributed by atoms with van der Waals surface area (Å²) in [5.41, 5.74) is 4.73. The molecule has 78 valence electrons. The van der Waals surface area contributed by atoms with E-state index in [1.54, 1.807) is 0 Å². The highest BCUT2D eigenvalue weighted by atomic mass is 19.4. The second-order valence-electron chi connectivity index (χ2n) is 3.64. The summed E-state index contributed by atoms with van der Waals surface area (Å²) in [4.78, 5) is 0.826. The maximum absolute atomic E-state index is 11.9. The minimum atomic E-state index is -4.29. The molecule has 6 heteroatoms. The molecule has 1 rings (SSSR count). The predicted molar refractivity (Wildman–Crippen MR) is 40.8 cm³/mol. The van der Waals surface area contributed by atoms with Crippen LogP contribution in [0.4, 0.5) is 13.2 Å². The van der Waals surface area contributed by atoms with Crippen molar-refractivity contribution in [3.8, 4) is 0 Å². The second-order valence-corrected chi connectivity index (χ2v) is 3.64. The summed E-state index contributed by atoms with van der Waals surface area (Å²) in [6, 6.07) is 0. The average Bonchev–Trinajstić information content (AvgIpc) is 2.64. The Balaban J connectivity index is 2.43. The number of halogens is 3. The molecule has 3 N–H and O–H groups in total. The lowest BCUT2D eigenvalue weighted by Gasteiger charge is -2.28. The molecule has 0 aliphatic heterocycles. The third-order valence-electron chi connectivity index (χ3n) is 2.19. The lowest BCUT2D eigenvalue weighted by molar-refractivity contribution is -0.164. The molecule has 0 aromatic carbocycles. The fourth-order valence-electron chi connectivity index (χ4n) is 1.21. The van der Waals surface area contributed by atoms with E-state index in [0.29, 0.717) is 12.8 Å². The van der Waals surface area contributed by atoms with Crippen LogP contribution in [0.5, 0.6) is 0 Å². The summed E-state index contributed by atoms with van der Waals surface area (Å²) in [5.74, 6) is 0. The third-order valence-corrected chi connectivity index (χ3v) is 2.19. The summed E-state index contributed by atoms with van der Waals surface area (Å²) in [6.45, 7) is -1.13. The first kappa shape index (κ1) is 10.7. The Morgan fingerprint density at radius 3 is 2.31 bits per heavy atom. The van der Waals surface area contributed by atoms with Crippen LogP contribution in [0.3, 0.4) is 0 Å². The monoisotopic (exact) mass is 198 g/mol. The minimum absolute atomic E-state index is 0.580. The van der Waals surface area contributed by atoms with E-state index >= 15 is 0 Å². The SMILES string of the molecule is CN(CC(F)(F)F)C(O)C1(N)CC1. The van der Waals surface area contributed by atoms with Gasteiger partial charge in [0.15, 0.2) is 0 Å². The number of nitrogens with zero attached hydrogens (tertiary/aromatic N) is 1. The number of aliphatic hydroxyl groups is 1. The zero-order valence-electron chi connectivity index (χ0n) is 7.30. The Kier molecular flexibility index (Phi) is 2.57. The first-order valence-corrected chi connectivity index (χ1v) is 3.98. The van der Waals surface area contributed by atoms with Gasteiger partial charge in [-0.1, -0.05) is 0 Å². The molecule has 1 saturated carbocycles. The van der Waals surface area contributed by atoms with Crippen molar-refractivity contribution < 1.29 is 18.3 Å². The normalized spacial score (nSPS) is 23.3. The topological polar surface area (TPSA) is 49.5 Å². The number of rotatable bonds is 3. The molecule has 1 aliphatic carbocycles. The maximum atomic E-state index is 11.9. The molecule has 13 heavy (non-hydrogen) atoms. The van der Waals surface area contributed by atoms with Gasteiger partial charge in [0, 0.05) is 0 Å². The second kappa shape index (κ2) is 3.11. The highest BCUT2D eigenvalue weighted by molar-refractivity contribution is 5.03. The molecule has 0 saturated heterocycles. The van der Waals surface area contributed by atoms with Crippen molar-refractivity contribution in [3.63, 3.8) is 0 Å². The van der Waals surface area contributed by atoms with Gasteiger partial charge >= 0.3 is 6.18 Å². The molecule has 1 unspecified atom stereocenters. The number of likely N-dealkylation sites (N-methyl/N-ethyl adjacent to an activating group) is 1. The van der Waals surface area contributed by atoms with Crippen molar-refractivity contribution in [1.82, 2.24) is 4.90 Å². The van der Waals surface area contributed by atoms with Crippen LogP contribution in [0.1, 0.15) is 12.8 Å². The highest BCUT2D eigenvalue weighted by Crippen LogP contribution is 2.37. The van der Waals surface area contributed by atoms with Gasteiger partial charge < -0.3 is 10.8 Å². The molecule has 3 nitrogen and oxygen atoms in total. The molecule has 0 radical (unpaired) electrons. The van der Waals surface area contributed by atoms with Gasteiger partial charge in [-0.05, 0) is 19.9 Å². The molecule has 0 bridgehead atoms. The Morgan fingerprint density at radius 2 is 2.00 bits per heavy atom. The van der Waals surface area contributed by atoms with E-state index in [2.05, 4.69) is 0 Å². The smallest absolute Gasteiger partial charge is 0.376 e. The van der Waals surface area contributed by atoms with Crippen LogP contribution in [0.25, 0.3) is 0 Å². The van der Waals surface area contributed by atoms with Crippen LogP contribution in [-0.2, 0) is 0 Å². The zero-order chi connectivity index (χ0) is 10.3. The molecule has 0 heterocycles. The van der Waals surface area contributed by atoms with Gasteiger partial charge in [0.2, 0.25) is 0 Å². The third kappa shape index (κ3) is 2.82. The van der Waals surface area contributed by atoms with Gasteiger partial charge in [-0.2, -0.15) is 13.2 Å². The van der Waals surface area contributed by atoms with E-state index in [0.717, 1.165) is 4.90 Å². The van der Waals surface area contributed by atoms with E-state index in [4.69, 9.17) is 5.73 Å². The number of aliphatic hydroxyl groups excluding tert-OH is 1. The van der Waals surface area contributed by atoms with Crippen molar-refractivity contribution in [2.24, 2.45) is 5.73 Å². The van der Waals surface area contributed by atoms with E-state index in [9.17, 15) is 18.3 Å². The number of hydrogen-bond acceptors (Lipinski definition) is 3. The zero-order valence-corrected chi connectivity index (χ0v) is 7.30. The van der Waals surface area contributed by atoms with Gasteiger partial charge in [-0.25, -0.2) is 0 Å². The van der Waals surface area contributed by atoms with Crippen LogP contribution in [-0.4, -0.2) is 41.5 Å². The molecular weight excluding hydrogens is 185 g/mol. The molecule has 0 aromatic heterocycles. The fourth-order valence-corrected chi connectivity index (χ4v) is 1.21. The first-order valence-electron chi connectivity index (χ1n) is 3.98. The Bertz CT molecular complexity index is 191. The number of hydrogen-bond donors (Lipinski definition) is 2. The average molecular weight is 198 g/mol. The maximum Gasteiger partial charge on any atom is 0.401 e. The quantitative estimate of drug-likeness (QED) is 0.641. The Morgan fingerprint density at radius 1 is 1.54 bits per heavy atom. The molecule has 0 aromatic rings. The molecule has 1 aliphatic rings. The van der Waals surface area contributed by atoms with Gasteiger partial charge in [-0.15, -0.1) is 0 Å². The van der Waals surface area contributed by atoms with Crippen LogP contribution >= 0.6 is 0 Å². The van der Waals surface area contributed by atoms with Gasteiger partial charge in [-0.3, -0.25) is 4.90 Å². The van der Waals surface area contributed by atoms with Gasteiger partial charge in [0.25, 0.3) is 0 Å². The minimum Gasteiger partial charge on any atom is -0.376 e. The van der Waals surface area contributed by atoms with Crippen LogP contribution < -0.4 is 5.73 Å². The fraction of sp³-hybridized carbons (Fsp3) is 1.00. The molecule has 0 spiro atoms. The van der Waals surface area contributed by atoms with Crippen LogP contribution in [0.15, 0.2) is 0 Å². The standard InChI is InChI=1S/C7H13F3N2O/c1-12(4-7(8,9)10)5(13)6(11)2-3-6/h5,13H,2-4,11H2,1H3. The van der Waals surface area contributed by atoms with E-state index < -0.39 is 24.5 Å². The molecular formula is C7H13F3N2O. The van der Waals surface area contributed by atoms with E-state index in [-0.39, 0.29) is 0 Å². The van der Waals surface area contributed by atoms with Crippen molar-refractivity contribution in [2.45, 2.75) is 30.8 Å². The lowest BCUT2D eigenvalue weighted by atomic mass is 10.2. The largest absolute Gasteiger partial charge is 0.401 e. The van der Waals surface area contributed by atoms with Gasteiger partial charge in [0.05, 0.1) is 12.1 Å². The highest BCUT2D eigenvalue weighted by Gasteiger charge is 2.48. The van der Waals surface area contributed by atoms with Crippen molar-refractivity contribution in [2.75, 3.05) is 13.6 Å². The summed E-state index contributed by atoms with van der Waals surface area (Å²) >= 11 is 0. The molecule has 1 atom stereocenters. The van der Waals surface area contributed by atoms with E-state index in [1.807, 2.05) is 0 Å². The number of nitrogens with two attached hydrogens (primary N) is 1. The number of alkyl halides is 3. The van der Waals surface area contributed by atoms with Crippen LogP contribution in [0.2, 0.25) is 0 Å².